The van der Waals surface area contributed by atoms with E-state index >= 15 is 0 Å². The zero-order valence-corrected chi connectivity index (χ0v) is 16.6. The molecule has 4 rings (SSSR count). The number of aromatic nitrogens is 1. The van der Waals surface area contributed by atoms with Crippen LogP contribution >= 0.6 is 11.3 Å². The van der Waals surface area contributed by atoms with Gasteiger partial charge in [0.25, 0.3) is 5.91 Å². The molecule has 0 fully saturated rings. The molecule has 2 amide bonds. The van der Waals surface area contributed by atoms with Gasteiger partial charge in [0, 0.05) is 16.1 Å². The van der Waals surface area contributed by atoms with Crippen molar-refractivity contribution in [2.45, 2.75) is 32.6 Å². The predicted octanol–water partition coefficient (Wildman–Crippen LogP) is 4.68. The van der Waals surface area contributed by atoms with Crippen LogP contribution < -0.4 is 10.6 Å². The van der Waals surface area contributed by atoms with E-state index in [9.17, 15) is 9.59 Å². The maximum atomic E-state index is 12.8. The first kappa shape index (κ1) is 18.4. The molecule has 0 radical (unpaired) electrons. The zero-order chi connectivity index (χ0) is 19.7. The lowest BCUT2D eigenvalue weighted by atomic mass is 10.1. The fourth-order valence-electron chi connectivity index (χ4n) is 3.57. The number of benzene rings is 2. The van der Waals surface area contributed by atoms with Crippen molar-refractivity contribution in [3.8, 4) is 0 Å². The smallest absolute Gasteiger partial charge is 0.257 e. The number of hydrogen-bond donors (Lipinski definition) is 2. The average molecular weight is 391 g/mol. The molecule has 28 heavy (non-hydrogen) atoms. The number of thiazole rings is 1. The van der Waals surface area contributed by atoms with Crippen LogP contribution in [0.25, 0.3) is 0 Å². The summed E-state index contributed by atoms with van der Waals surface area (Å²) < 4.78 is 0. The van der Waals surface area contributed by atoms with E-state index in [4.69, 9.17) is 0 Å². The number of fused-ring (bicyclic) bond motifs is 1. The Hall–Kier alpha value is -2.99. The first-order chi connectivity index (χ1) is 13.5. The second kappa shape index (κ2) is 7.56. The number of carbonyl (C=O) groups is 2. The predicted molar refractivity (Wildman–Crippen MR) is 112 cm³/mol. The largest absolute Gasteiger partial charge is 0.325 e. The van der Waals surface area contributed by atoms with Crippen molar-refractivity contribution in [1.82, 2.24) is 4.98 Å². The van der Waals surface area contributed by atoms with Crippen LogP contribution in [0.15, 0.2) is 48.5 Å². The molecule has 0 aliphatic heterocycles. The van der Waals surface area contributed by atoms with Crippen molar-refractivity contribution in [2.75, 3.05) is 10.6 Å². The molecule has 1 aromatic heterocycles. The van der Waals surface area contributed by atoms with Crippen LogP contribution in [0.5, 0.6) is 0 Å². The molecule has 6 heteroatoms. The number of amides is 2. The Morgan fingerprint density at radius 3 is 2.46 bits per heavy atom. The third-order valence-corrected chi connectivity index (χ3v) is 5.83. The monoisotopic (exact) mass is 391 g/mol. The molecule has 2 aromatic carbocycles. The molecule has 2 N–H and O–H groups in total. The molecule has 1 aliphatic carbocycles. The fraction of sp³-hybridized carbons (Fsp3) is 0.227. The highest BCUT2D eigenvalue weighted by atomic mass is 32.1. The Morgan fingerprint density at radius 2 is 1.75 bits per heavy atom. The van der Waals surface area contributed by atoms with Crippen LogP contribution in [0.3, 0.4) is 0 Å². The Bertz CT molecular complexity index is 1020. The van der Waals surface area contributed by atoms with E-state index in [-0.39, 0.29) is 17.7 Å². The minimum atomic E-state index is -0.283. The molecule has 1 atom stereocenters. The van der Waals surface area contributed by atoms with E-state index in [1.54, 1.807) is 12.1 Å². The number of anilines is 2. The number of rotatable bonds is 4. The molecule has 0 bridgehead atoms. The van der Waals surface area contributed by atoms with Gasteiger partial charge >= 0.3 is 0 Å². The van der Waals surface area contributed by atoms with Crippen molar-refractivity contribution >= 4 is 34.0 Å². The van der Waals surface area contributed by atoms with Gasteiger partial charge in [-0.3, -0.25) is 14.9 Å². The van der Waals surface area contributed by atoms with Gasteiger partial charge < -0.3 is 5.32 Å². The normalized spacial score (nSPS) is 15.1. The molecule has 0 saturated heterocycles. The van der Waals surface area contributed by atoms with Gasteiger partial charge in [-0.05, 0) is 62.1 Å². The van der Waals surface area contributed by atoms with Crippen LogP contribution in [0.2, 0.25) is 0 Å². The zero-order valence-electron chi connectivity index (χ0n) is 15.8. The molecule has 142 valence electrons. The summed E-state index contributed by atoms with van der Waals surface area (Å²) in [5.74, 6) is -0.520. The van der Waals surface area contributed by atoms with Crippen molar-refractivity contribution in [2.24, 2.45) is 0 Å². The molecule has 1 aliphatic rings. The molecule has 0 saturated carbocycles. The number of carbonyl (C=O) groups excluding carboxylic acids is 2. The van der Waals surface area contributed by atoms with Crippen molar-refractivity contribution < 1.29 is 9.59 Å². The van der Waals surface area contributed by atoms with E-state index in [1.165, 1.54) is 11.3 Å². The van der Waals surface area contributed by atoms with Gasteiger partial charge in [0.2, 0.25) is 5.91 Å². The van der Waals surface area contributed by atoms with Crippen molar-refractivity contribution in [3.05, 3.63) is 75.8 Å². The molecule has 1 heterocycles. The van der Waals surface area contributed by atoms with Crippen molar-refractivity contribution in [1.29, 1.82) is 0 Å². The van der Waals surface area contributed by atoms with Gasteiger partial charge in [0.1, 0.15) is 0 Å². The summed E-state index contributed by atoms with van der Waals surface area (Å²) in [6, 6.07) is 15.0. The lowest BCUT2D eigenvalue weighted by Crippen LogP contribution is -2.20. The number of hydrogen-bond acceptors (Lipinski definition) is 4. The quantitative estimate of drug-likeness (QED) is 0.678. The summed E-state index contributed by atoms with van der Waals surface area (Å²) in [6.45, 7) is 4.02. The van der Waals surface area contributed by atoms with E-state index in [0.717, 1.165) is 40.2 Å². The molecule has 1 unspecified atom stereocenters. The first-order valence-electron chi connectivity index (χ1n) is 9.25. The summed E-state index contributed by atoms with van der Waals surface area (Å²) >= 11 is 1.45. The van der Waals surface area contributed by atoms with Crippen LogP contribution in [-0.2, 0) is 11.2 Å². The number of nitrogens with one attached hydrogen (secondary N) is 2. The number of aryl methyl sites for hydroxylation is 3. The highest BCUT2D eigenvalue weighted by Crippen LogP contribution is 2.39. The molecular formula is C22H21N3O2S. The maximum absolute atomic E-state index is 12.8. The topological polar surface area (TPSA) is 71.1 Å². The Kier molecular flexibility index (Phi) is 4.96. The SMILES string of the molecule is Cc1cc(C)cc(NC(=O)C2CCc3sc(NC(=O)c4ccccc4)nc32)c1. The standard InChI is InChI=1S/C22H21N3O2S/c1-13-10-14(2)12-16(11-13)23-21(27)17-8-9-18-19(17)24-22(28-18)25-20(26)15-6-4-3-5-7-15/h3-7,10-12,17H,8-9H2,1-2H3,(H,23,27)(H,24,25,26). The first-order valence-corrected chi connectivity index (χ1v) is 10.1. The summed E-state index contributed by atoms with van der Waals surface area (Å²) in [6.07, 6.45) is 1.55. The second-order valence-electron chi connectivity index (χ2n) is 7.10. The number of nitrogens with zero attached hydrogens (tertiary/aromatic N) is 1. The highest BCUT2D eigenvalue weighted by molar-refractivity contribution is 7.16. The van der Waals surface area contributed by atoms with E-state index in [0.29, 0.717) is 10.7 Å². The lowest BCUT2D eigenvalue weighted by molar-refractivity contribution is -0.117. The van der Waals surface area contributed by atoms with Crippen molar-refractivity contribution in [3.63, 3.8) is 0 Å². The van der Waals surface area contributed by atoms with Crippen LogP contribution in [-0.4, -0.2) is 16.8 Å². The van der Waals surface area contributed by atoms with Crippen LogP contribution in [0, 0.1) is 13.8 Å². The minimum Gasteiger partial charge on any atom is -0.325 e. The highest BCUT2D eigenvalue weighted by Gasteiger charge is 2.33. The second-order valence-corrected chi connectivity index (χ2v) is 8.19. The average Bonchev–Trinajstić information content (AvgIpc) is 3.21. The van der Waals surface area contributed by atoms with Gasteiger partial charge in [-0.25, -0.2) is 4.98 Å². The van der Waals surface area contributed by atoms with Crippen LogP contribution in [0.1, 0.15) is 44.4 Å². The summed E-state index contributed by atoms with van der Waals surface area (Å²) in [4.78, 5) is 30.8. The molecular weight excluding hydrogens is 370 g/mol. The third-order valence-electron chi connectivity index (χ3n) is 4.78. The summed E-state index contributed by atoms with van der Waals surface area (Å²) in [7, 11) is 0. The van der Waals surface area contributed by atoms with Gasteiger partial charge in [-0.15, -0.1) is 11.3 Å². The molecule has 3 aromatic rings. The lowest BCUT2D eigenvalue weighted by Gasteiger charge is -2.12. The third kappa shape index (κ3) is 3.82. The minimum absolute atomic E-state index is 0.0463. The molecule has 0 spiro atoms. The molecule has 5 nitrogen and oxygen atoms in total. The van der Waals surface area contributed by atoms with Gasteiger partial charge in [0.15, 0.2) is 5.13 Å². The van der Waals surface area contributed by atoms with Gasteiger partial charge in [0.05, 0.1) is 11.6 Å². The Balaban J connectivity index is 1.48. The van der Waals surface area contributed by atoms with E-state index in [2.05, 4.69) is 21.7 Å². The summed E-state index contributed by atoms with van der Waals surface area (Å²) in [5.41, 5.74) is 4.41. The van der Waals surface area contributed by atoms with E-state index < -0.39 is 0 Å². The Morgan fingerprint density at radius 1 is 1.04 bits per heavy atom. The van der Waals surface area contributed by atoms with Gasteiger partial charge in [-0.1, -0.05) is 24.3 Å². The van der Waals surface area contributed by atoms with E-state index in [1.807, 2.05) is 44.2 Å². The van der Waals surface area contributed by atoms with Gasteiger partial charge in [-0.2, -0.15) is 0 Å². The summed E-state index contributed by atoms with van der Waals surface area (Å²) in [5, 5.41) is 6.41. The Labute approximate surface area is 167 Å². The van der Waals surface area contributed by atoms with Crippen LogP contribution in [0.4, 0.5) is 10.8 Å². The fourth-order valence-corrected chi connectivity index (χ4v) is 4.60. The maximum Gasteiger partial charge on any atom is 0.257 e.